The van der Waals surface area contributed by atoms with Crippen molar-refractivity contribution in [2.45, 2.75) is 19.8 Å². The van der Waals surface area contributed by atoms with Crippen molar-refractivity contribution in [2.24, 2.45) is 0 Å². The molecule has 0 radical (unpaired) electrons. The molecule has 2 rings (SSSR count). The van der Waals surface area contributed by atoms with Gasteiger partial charge in [0.25, 0.3) is 5.69 Å². The maximum absolute atomic E-state index is 12.1. The standard InChI is InChI=1S/C18H18N2O5/c1-2-25-16-8-6-13(7-9-16)17(21)10-11-18(22)19-14-4-3-5-15(12-14)20(23)24/h3-9,12H,2,10-11H2,1H3,(H,19,22). The monoisotopic (exact) mass is 342 g/mol. The van der Waals surface area contributed by atoms with Crippen molar-refractivity contribution < 1.29 is 19.2 Å². The molecule has 0 saturated heterocycles. The van der Waals surface area contributed by atoms with Gasteiger partial charge in [0.2, 0.25) is 5.91 Å². The Morgan fingerprint density at radius 1 is 1.12 bits per heavy atom. The first-order valence-electron chi connectivity index (χ1n) is 7.80. The Balaban J connectivity index is 1.87. The molecule has 2 aromatic rings. The van der Waals surface area contributed by atoms with Crippen LogP contribution in [0, 0.1) is 10.1 Å². The Morgan fingerprint density at radius 2 is 1.84 bits per heavy atom. The van der Waals surface area contributed by atoms with E-state index in [1.807, 2.05) is 6.92 Å². The van der Waals surface area contributed by atoms with Gasteiger partial charge in [-0.3, -0.25) is 19.7 Å². The van der Waals surface area contributed by atoms with E-state index in [1.54, 1.807) is 30.3 Å². The summed E-state index contributed by atoms with van der Waals surface area (Å²) in [5, 5.41) is 13.3. The number of nitro groups is 1. The maximum Gasteiger partial charge on any atom is 0.271 e. The molecule has 7 nitrogen and oxygen atoms in total. The number of carbonyl (C=O) groups is 2. The van der Waals surface area contributed by atoms with Crippen molar-refractivity contribution in [1.82, 2.24) is 0 Å². The van der Waals surface area contributed by atoms with E-state index in [9.17, 15) is 19.7 Å². The molecule has 130 valence electrons. The number of hydrogen-bond acceptors (Lipinski definition) is 5. The molecule has 1 N–H and O–H groups in total. The van der Waals surface area contributed by atoms with Crippen molar-refractivity contribution in [2.75, 3.05) is 11.9 Å². The summed E-state index contributed by atoms with van der Waals surface area (Å²) in [5.74, 6) is 0.152. The summed E-state index contributed by atoms with van der Waals surface area (Å²) < 4.78 is 5.31. The number of rotatable bonds is 8. The van der Waals surface area contributed by atoms with E-state index < -0.39 is 4.92 Å². The van der Waals surface area contributed by atoms with Crippen molar-refractivity contribution in [1.29, 1.82) is 0 Å². The molecular formula is C18H18N2O5. The zero-order valence-electron chi connectivity index (χ0n) is 13.7. The third-order valence-corrected chi connectivity index (χ3v) is 3.41. The topological polar surface area (TPSA) is 98.5 Å². The quantitative estimate of drug-likeness (QED) is 0.449. The highest BCUT2D eigenvalue weighted by Gasteiger charge is 2.11. The summed E-state index contributed by atoms with van der Waals surface area (Å²) in [4.78, 5) is 34.2. The van der Waals surface area contributed by atoms with Gasteiger partial charge in [-0.05, 0) is 37.3 Å². The number of carbonyl (C=O) groups excluding carboxylic acids is 2. The van der Waals surface area contributed by atoms with Crippen LogP contribution in [-0.4, -0.2) is 23.2 Å². The van der Waals surface area contributed by atoms with Gasteiger partial charge >= 0.3 is 0 Å². The minimum atomic E-state index is -0.537. The van der Waals surface area contributed by atoms with E-state index in [2.05, 4.69) is 5.32 Å². The molecule has 0 spiro atoms. The van der Waals surface area contributed by atoms with Gasteiger partial charge in [-0.25, -0.2) is 0 Å². The fourth-order valence-corrected chi connectivity index (χ4v) is 2.20. The summed E-state index contributed by atoms with van der Waals surface area (Å²) in [6.45, 7) is 2.42. The lowest BCUT2D eigenvalue weighted by molar-refractivity contribution is -0.384. The van der Waals surface area contributed by atoms with Crippen molar-refractivity contribution in [3.63, 3.8) is 0 Å². The van der Waals surface area contributed by atoms with E-state index in [1.165, 1.54) is 18.2 Å². The second-order valence-corrected chi connectivity index (χ2v) is 5.24. The molecule has 0 heterocycles. The summed E-state index contributed by atoms with van der Waals surface area (Å²) in [7, 11) is 0. The number of amides is 1. The molecule has 0 aromatic heterocycles. The van der Waals surface area contributed by atoms with Crippen LogP contribution in [-0.2, 0) is 4.79 Å². The van der Waals surface area contributed by atoms with Crippen LogP contribution >= 0.6 is 0 Å². The SMILES string of the molecule is CCOc1ccc(C(=O)CCC(=O)Nc2cccc([N+](=O)[O-])c2)cc1. The Hall–Kier alpha value is -3.22. The van der Waals surface area contributed by atoms with Crippen LogP contribution in [0.2, 0.25) is 0 Å². The number of non-ortho nitro benzene ring substituents is 1. The van der Waals surface area contributed by atoms with E-state index in [4.69, 9.17) is 4.74 Å². The summed E-state index contributed by atoms with van der Waals surface area (Å²) in [5.41, 5.74) is 0.725. The first-order valence-corrected chi connectivity index (χ1v) is 7.80. The van der Waals surface area contributed by atoms with E-state index >= 15 is 0 Å². The zero-order chi connectivity index (χ0) is 18.2. The van der Waals surface area contributed by atoms with Gasteiger partial charge in [0, 0.05) is 36.2 Å². The lowest BCUT2D eigenvalue weighted by Gasteiger charge is -2.06. The Labute approximate surface area is 144 Å². The summed E-state index contributed by atoms with van der Waals surface area (Å²) >= 11 is 0. The molecule has 0 bridgehead atoms. The van der Waals surface area contributed by atoms with Crippen LogP contribution < -0.4 is 10.1 Å². The molecule has 2 aromatic carbocycles. The normalized spacial score (nSPS) is 10.1. The van der Waals surface area contributed by atoms with Crippen LogP contribution in [0.4, 0.5) is 11.4 Å². The predicted octanol–water partition coefficient (Wildman–Crippen LogP) is 3.60. The fourth-order valence-electron chi connectivity index (χ4n) is 2.20. The Morgan fingerprint density at radius 3 is 2.48 bits per heavy atom. The molecule has 0 fully saturated rings. The van der Waals surface area contributed by atoms with Crippen molar-refractivity contribution >= 4 is 23.1 Å². The molecule has 0 aliphatic carbocycles. The largest absolute Gasteiger partial charge is 0.494 e. The van der Waals surface area contributed by atoms with Gasteiger partial charge in [0.05, 0.1) is 11.5 Å². The first-order chi connectivity index (χ1) is 12.0. The van der Waals surface area contributed by atoms with E-state index in [0.717, 1.165) is 0 Å². The number of benzene rings is 2. The lowest BCUT2D eigenvalue weighted by atomic mass is 10.1. The third-order valence-electron chi connectivity index (χ3n) is 3.41. The number of nitro benzene ring substituents is 1. The molecule has 0 atom stereocenters. The number of ether oxygens (including phenoxy) is 1. The Bertz CT molecular complexity index is 771. The second kappa shape index (κ2) is 8.58. The highest BCUT2D eigenvalue weighted by atomic mass is 16.6. The maximum atomic E-state index is 12.1. The molecule has 1 amide bonds. The minimum absolute atomic E-state index is 0.00522. The van der Waals surface area contributed by atoms with Gasteiger partial charge in [-0.1, -0.05) is 6.07 Å². The van der Waals surface area contributed by atoms with E-state index in [-0.39, 0.29) is 30.2 Å². The smallest absolute Gasteiger partial charge is 0.271 e. The molecule has 0 aliphatic heterocycles. The van der Waals surface area contributed by atoms with Gasteiger partial charge in [0.1, 0.15) is 5.75 Å². The number of Topliss-reactive ketones (excluding diaryl/α,β-unsaturated/α-hetero) is 1. The lowest BCUT2D eigenvalue weighted by Crippen LogP contribution is -2.13. The van der Waals surface area contributed by atoms with Crippen LogP contribution in [0.5, 0.6) is 5.75 Å². The predicted molar refractivity (Wildman–Crippen MR) is 92.9 cm³/mol. The van der Waals surface area contributed by atoms with Gasteiger partial charge in [-0.2, -0.15) is 0 Å². The molecule has 25 heavy (non-hydrogen) atoms. The van der Waals surface area contributed by atoms with E-state index in [0.29, 0.717) is 23.6 Å². The molecule has 0 unspecified atom stereocenters. The summed E-state index contributed by atoms with van der Waals surface area (Å²) in [6.07, 6.45) is 0.0451. The number of nitrogens with one attached hydrogen (secondary N) is 1. The fraction of sp³-hybridized carbons (Fsp3) is 0.222. The second-order valence-electron chi connectivity index (χ2n) is 5.24. The summed E-state index contributed by atoms with van der Waals surface area (Å²) in [6, 6.07) is 12.4. The Kier molecular flexibility index (Phi) is 6.22. The number of nitrogens with zero attached hydrogens (tertiary/aromatic N) is 1. The van der Waals surface area contributed by atoms with Crippen molar-refractivity contribution in [3.8, 4) is 5.75 Å². The van der Waals surface area contributed by atoms with Gasteiger partial charge < -0.3 is 10.1 Å². The molecule has 0 saturated carbocycles. The zero-order valence-corrected chi connectivity index (χ0v) is 13.7. The average Bonchev–Trinajstić information content (AvgIpc) is 2.61. The highest BCUT2D eigenvalue weighted by molar-refractivity contribution is 6.00. The van der Waals surface area contributed by atoms with Crippen LogP contribution in [0.1, 0.15) is 30.1 Å². The van der Waals surface area contributed by atoms with Crippen LogP contribution in [0.15, 0.2) is 48.5 Å². The minimum Gasteiger partial charge on any atom is -0.494 e. The number of hydrogen-bond donors (Lipinski definition) is 1. The van der Waals surface area contributed by atoms with Crippen LogP contribution in [0.25, 0.3) is 0 Å². The average molecular weight is 342 g/mol. The number of ketones is 1. The van der Waals surface area contributed by atoms with Gasteiger partial charge in [0.15, 0.2) is 5.78 Å². The first kappa shape index (κ1) is 18.1. The third kappa shape index (κ3) is 5.42. The molecular weight excluding hydrogens is 324 g/mol. The number of anilines is 1. The van der Waals surface area contributed by atoms with Gasteiger partial charge in [-0.15, -0.1) is 0 Å². The molecule has 0 aliphatic rings. The van der Waals surface area contributed by atoms with Crippen LogP contribution in [0.3, 0.4) is 0 Å². The highest BCUT2D eigenvalue weighted by Crippen LogP contribution is 2.18. The molecule has 7 heteroatoms. The van der Waals surface area contributed by atoms with Crippen molar-refractivity contribution in [3.05, 3.63) is 64.2 Å².